The van der Waals surface area contributed by atoms with E-state index in [0.29, 0.717) is 24.2 Å². The highest BCUT2D eigenvalue weighted by Crippen LogP contribution is 2.76. The molecule has 6 rings (SSSR count). The Kier molecular flexibility index (Phi) is 4.79. The van der Waals surface area contributed by atoms with Crippen molar-refractivity contribution in [2.45, 2.75) is 41.2 Å². The van der Waals surface area contributed by atoms with Gasteiger partial charge in [0.05, 0.1) is 49.8 Å². The lowest BCUT2D eigenvalue weighted by atomic mass is 9.49. The van der Waals surface area contributed by atoms with Crippen LogP contribution in [0.15, 0.2) is 30.7 Å². The summed E-state index contributed by atoms with van der Waals surface area (Å²) in [4.78, 5) is 25.2. The van der Waals surface area contributed by atoms with Crippen molar-refractivity contribution in [1.29, 1.82) is 0 Å². The first-order valence-electron chi connectivity index (χ1n) is 12.4. The van der Waals surface area contributed by atoms with Gasteiger partial charge in [-0.25, -0.2) is 18.9 Å². The number of fused-ring (bicyclic) bond motifs is 5. The number of rotatable bonds is 1. The summed E-state index contributed by atoms with van der Waals surface area (Å²) in [6, 6.07) is 3.52. The Balaban J connectivity index is 1.52. The quantitative estimate of drug-likeness (QED) is 0.391. The van der Waals surface area contributed by atoms with Crippen molar-refractivity contribution < 1.29 is 9.18 Å². The Morgan fingerprint density at radius 1 is 1.11 bits per heavy atom. The lowest BCUT2D eigenvalue weighted by molar-refractivity contribution is 0.0736. The van der Waals surface area contributed by atoms with Gasteiger partial charge in [-0.15, -0.1) is 0 Å². The number of hydrogen-bond acceptors (Lipinski definition) is 6. The average molecular weight is 467 g/mol. The number of nitrogens with one attached hydrogen (secondary N) is 1. The molecule has 1 aliphatic carbocycles. The van der Waals surface area contributed by atoms with Gasteiger partial charge < -0.3 is 4.90 Å². The standard InChI is InChI=1S/C21H27B5FN7O/c22-19(23)20(24,25)21(19,26)34-7-3-14-12(8-11(27)9-28-14)15-2-1-5-32(15)16-4-6-33-17(30-16)13(10-29-33)18(35)31-34/h4,6,8-10,15H,1-3,5,7,22-26H2,(H,31,35). The van der Waals surface area contributed by atoms with Crippen LogP contribution < -0.4 is 10.3 Å². The van der Waals surface area contributed by atoms with Crippen LogP contribution in [-0.4, -0.2) is 88.3 Å². The number of halogens is 1. The second-order valence-corrected chi connectivity index (χ2v) is 11.3. The molecule has 1 N–H and O–H groups in total. The minimum atomic E-state index is -0.331. The maximum Gasteiger partial charge on any atom is 0.271 e. The summed E-state index contributed by atoms with van der Waals surface area (Å²) in [5.74, 6) is 0.203. The van der Waals surface area contributed by atoms with Crippen LogP contribution in [0.2, 0.25) is 10.4 Å². The molecule has 2 aliphatic heterocycles. The van der Waals surface area contributed by atoms with Crippen LogP contribution in [0.5, 0.6) is 0 Å². The van der Waals surface area contributed by atoms with Gasteiger partial charge >= 0.3 is 0 Å². The van der Waals surface area contributed by atoms with Crippen LogP contribution in [0.1, 0.15) is 40.5 Å². The number of hydrogen-bond donors (Lipinski definition) is 1. The fourth-order valence-corrected chi connectivity index (χ4v) is 6.56. The van der Waals surface area contributed by atoms with E-state index in [1.54, 1.807) is 16.8 Å². The molecule has 1 atom stereocenters. The minimum absolute atomic E-state index is 0.0169. The summed E-state index contributed by atoms with van der Waals surface area (Å²) in [5.41, 5.74) is 5.65. The fraction of sp³-hybridized carbons (Fsp3) is 0.429. The maximum atomic E-state index is 14.4. The van der Waals surface area contributed by atoms with Gasteiger partial charge in [0.2, 0.25) is 0 Å². The Morgan fingerprint density at radius 2 is 1.89 bits per heavy atom. The lowest BCUT2D eigenvalue weighted by Crippen LogP contribution is -2.54. The molecule has 3 aromatic heterocycles. The van der Waals surface area contributed by atoms with E-state index in [4.69, 9.17) is 4.98 Å². The second-order valence-electron chi connectivity index (χ2n) is 11.3. The zero-order valence-electron chi connectivity index (χ0n) is 21.0. The molecule has 3 aliphatic rings. The molecule has 3 aromatic rings. The molecule has 2 bridgehead atoms. The highest BCUT2D eigenvalue weighted by molar-refractivity contribution is 6.67. The summed E-state index contributed by atoms with van der Waals surface area (Å²) in [7, 11) is 11.2. The number of pyridine rings is 1. The largest absolute Gasteiger partial charge is 0.349 e. The molecule has 174 valence electrons. The van der Waals surface area contributed by atoms with E-state index in [1.807, 2.05) is 12.3 Å². The number of aromatic nitrogens is 4. The zero-order valence-corrected chi connectivity index (χ0v) is 21.0. The summed E-state index contributed by atoms with van der Waals surface area (Å²) in [5, 5.41) is 6.38. The molecule has 35 heavy (non-hydrogen) atoms. The summed E-state index contributed by atoms with van der Waals surface area (Å²) < 4.78 is 16.1. The van der Waals surface area contributed by atoms with Crippen molar-refractivity contribution in [2.75, 3.05) is 18.0 Å². The fourth-order valence-electron chi connectivity index (χ4n) is 6.56. The molecule has 5 heterocycles. The first kappa shape index (κ1) is 22.7. The van der Waals surface area contributed by atoms with E-state index in [9.17, 15) is 9.18 Å². The van der Waals surface area contributed by atoms with E-state index in [2.05, 4.69) is 64.6 Å². The van der Waals surface area contributed by atoms with Crippen LogP contribution in [0.3, 0.4) is 0 Å². The Labute approximate surface area is 208 Å². The first-order chi connectivity index (χ1) is 16.6. The van der Waals surface area contributed by atoms with Crippen LogP contribution >= 0.6 is 0 Å². The maximum absolute atomic E-state index is 14.4. The van der Waals surface area contributed by atoms with Gasteiger partial charge in [0.25, 0.3) is 5.91 Å². The predicted octanol–water partition coefficient (Wildman–Crippen LogP) is -2.78. The van der Waals surface area contributed by atoms with Gasteiger partial charge in [-0.1, -0.05) is 10.4 Å². The number of amides is 1. The van der Waals surface area contributed by atoms with Crippen LogP contribution in [0, 0.1) is 5.82 Å². The number of hydrazine groups is 1. The number of carbonyl (C=O) groups is 1. The van der Waals surface area contributed by atoms with Gasteiger partial charge in [-0.3, -0.25) is 15.2 Å². The molecular formula is C21H27B5FN7O. The van der Waals surface area contributed by atoms with Gasteiger partial charge in [0, 0.05) is 31.4 Å². The zero-order chi connectivity index (χ0) is 24.8. The molecule has 2 fully saturated rings. The first-order valence-corrected chi connectivity index (χ1v) is 12.4. The monoisotopic (exact) mass is 467 g/mol. The van der Waals surface area contributed by atoms with E-state index in [-0.39, 0.29) is 33.6 Å². The van der Waals surface area contributed by atoms with Gasteiger partial charge in [-0.2, -0.15) is 5.10 Å². The van der Waals surface area contributed by atoms with Crippen molar-refractivity contribution >= 4 is 56.6 Å². The molecule has 1 unspecified atom stereocenters. The average Bonchev–Trinajstić information content (AvgIpc) is 3.34. The molecule has 0 radical (unpaired) electrons. The molecule has 0 spiro atoms. The summed E-state index contributed by atoms with van der Waals surface area (Å²) in [6.45, 7) is 1.37. The van der Waals surface area contributed by atoms with E-state index < -0.39 is 0 Å². The molecule has 1 saturated heterocycles. The topological polar surface area (TPSA) is 78.7 Å². The summed E-state index contributed by atoms with van der Waals surface area (Å²) in [6.07, 6.45) is 7.19. The number of nitrogens with zero attached hydrogens (tertiary/aromatic N) is 6. The lowest BCUT2D eigenvalue weighted by Gasteiger charge is -2.35. The SMILES string of the molecule is BC1(B)C(B)(B)C1(B)N1CCc2ncc(F)cc2C2CCCN2c2ccn3ncc(c3n2)C(=O)N1. The Morgan fingerprint density at radius 3 is 2.63 bits per heavy atom. The third kappa shape index (κ3) is 3.01. The molecule has 14 heteroatoms. The minimum Gasteiger partial charge on any atom is -0.349 e. The van der Waals surface area contributed by atoms with Gasteiger partial charge in [0.15, 0.2) is 5.65 Å². The predicted molar refractivity (Wildman–Crippen MR) is 145 cm³/mol. The third-order valence-electron chi connectivity index (χ3n) is 9.76. The molecule has 1 saturated carbocycles. The second kappa shape index (κ2) is 7.38. The van der Waals surface area contributed by atoms with Crippen molar-refractivity contribution in [3.05, 3.63) is 53.4 Å². The van der Waals surface area contributed by atoms with Crippen LogP contribution in [0.4, 0.5) is 10.2 Å². The molecule has 1 amide bonds. The van der Waals surface area contributed by atoms with E-state index >= 15 is 0 Å². The number of anilines is 1. The van der Waals surface area contributed by atoms with E-state index in [0.717, 1.165) is 36.5 Å². The van der Waals surface area contributed by atoms with Crippen molar-refractivity contribution in [2.24, 2.45) is 0 Å². The summed E-state index contributed by atoms with van der Waals surface area (Å²) >= 11 is 0. The van der Waals surface area contributed by atoms with Crippen molar-refractivity contribution in [3.8, 4) is 0 Å². The highest BCUT2D eigenvalue weighted by Gasteiger charge is 2.74. The highest BCUT2D eigenvalue weighted by atomic mass is 19.1. The van der Waals surface area contributed by atoms with Crippen molar-refractivity contribution in [3.63, 3.8) is 0 Å². The van der Waals surface area contributed by atoms with Crippen LogP contribution in [-0.2, 0) is 6.42 Å². The molecular weight excluding hydrogens is 439 g/mol. The molecule has 8 nitrogen and oxygen atoms in total. The van der Waals surface area contributed by atoms with Gasteiger partial charge in [-0.05, 0) is 36.0 Å². The number of carbonyl (C=O) groups excluding carboxylic acids is 1. The van der Waals surface area contributed by atoms with Gasteiger partial charge in [0.1, 0.15) is 25.0 Å². The smallest absolute Gasteiger partial charge is 0.271 e. The molecule has 0 aromatic carbocycles. The third-order valence-corrected chi connectivity index (χ3v) is 9.76. The normalized spacial score (nSPS) is 24.7. The Hall–Kier alpha value is -2.75. The van der Waals surface area contributed by atoms with Crippen molar-refractivity contribution in [1.82, 2.24) is 30.0 Å². The van der Waals surface area contributed by atoms with Crippen LogP contribution in [0.25, 0.3) is 5.65 Å². The Bertz CT molecular complexity index is 1350. The van der Waals surface area contributed by atoms with E-state index in [1.165, 1.54) is 6.20 Å².